The Bertz CT molecular complexity index is 238. The van der Waals surface area contributed by atoms with E-state index in [9.17, 15) is 0 Å². The van der Waals surface area contributed by atoms with E-state index in [0.717, 1.165) is 12.2 Å². The summed E-state index contributed by atoms with van der Waals surface area (Å²) in [5.41, 5.74) is 5.42. The van der Waals surface area contributed by atoms with E-state index in [1.165, 1.54) is 0 Å². The van der Waals surface area contributed by atoms with Crippen LogP contribution in [0.4, 0.5) is 5.95 Å². The highest BCUT2D eigenvalue weighted by atomic mass is 15.3. The van der Waals surface area contributed by atoms with Crippen molar-refractivity contribution in [2.24, 2.45) is 0 Å². The molecule has 1 aromatic rings. The first-order chi connectivity index (χ1) is 5.06. The van der Waals surface area contributed by atoms with E-state index in [1.807, 2.05) is 0 Å². The molecule has 4 nitrogen and oxygen atoms in total. The molecule has 0 unspecified atom stereocenters. The van der Waals surface area contributed by atoms with Crippen molar-refractivity contribution in [1.29, 1.82) is 0 Å². The number of hydrogen-bond donors (Lipinski definition) is 2. The molecule has 4 heteroatoms. The molecule has 0 aliphatic carbocycles. The highest BCUT2D eigenvalue weighted by molar-refractivity contribution is 5.16. The van der Waals surface area contributed by atoms with Gasteiger partial charge in [0.2, 0.25) is 5.95 Å². The molecule has 3 N–H and O–H groups in total. The van der Waals surface area contributed by atoms with Crippen molar-refractivity contribution < 1.29 is 0 Å². The molecule has 1 rings (SSSR count). The number of aromatic nitrogens is 3. The molecular weight excluding hydrogens is 140 g/mol. The van der Waals surface area contributed by atoms with E-state index in [2.05, 4.69) is 36.0 Å². The summed E-state index contributed by atoms with van der Waals surface area (Å²) in [6.45, 7) is 6.32. The van der Waals surface area contributed by atoms with Gasteiger partial charge in [0.1, 0.15) is 5.82 Å². The molecule has 0 bridgehead atoms. The third kappa shape index (κ3) is 1.50. The van der Waals surface area contributed by atoms with Crippen LogP contribution >= 0.6 is 0 Å². The fourth-order valence-corrected chi connectivity index (χ4v) is 0.745. The molecule has 0 spiro atoms. The third-order valence-electron chi connectivity index (χ3n) is 2.03. The summed E-state index contributed by atoms with van der Waals surface area (Å²) in [6, 6.07) is 0. The van der Waals surface area contributed by atoms with Gasteiger partial charge < -0.3 is 5.73 Å². The van der Waals surface area contributed by atoms with Crippen LogP contribution in [0.15, 0.2) is 0 Å². The summed E-state index contributed by atoms with van der Waals surface area (Å²) in [6.07, 6.45) is 1.02. The summed E-state index contributed by atoms with van der Waals surface area (Å²) in [4.78, 5) is 4.06. The lowest BCUT2D eigenvalue weighted by Crippen LogP contribution is -2.17. The second-order valence-corrected chi connectivity index (χ2v) is 3.28. The van der Waals surface area contributed by atoms with E-state index >= 15 is 0 Å². The third-order valence-corrected chi connectivity index (χ3v) is 2.03. The Morgan fingerprint density at radius 1 is 1.55 bits per heavy atom. The Kier molecular flexibility index (Phi) is 1.85. The molecule has 0 fully saturated rings. The minimum atomic E-state index is 0.0463. The molecule has 0 saturated heterocycles. The summed E-state index contributed by atoms with van der Waals surface area (Å²) < 4.78 is 0. The van der Waals surface area contributed by atoms with Gasteiger partial charge in [-0.05, 0) is 6.42 Å². The zero-order valence-electron chi connectivity index (χ0n) is 7.18. The van der Waals surface area contributed by atoms with Crippen LogP contribution in [0.5, 0.6) is 0 Å². The molecule has 1 aromatic heterocycles. The lowest BCUT2D eigenvalue weighted by Gasteiger charge is -2.17. The molecule has 0 atom stereocenters. The number of nitrogens with two attached hydrogens (primary N) is 1. The van der Waals surface area contributed by atoms with E-state index in [0.29, 0.717) is 5.95 Å². The van der Waals surface area contributed by atoms with E-state index in [-0.39, 0.29) is 5.41 Å². The number of nitrogens with one attached hydrogen (secondary N) is 1. The number of anilines is 1. The number of nitrogen functional groups attached to an aromatic ring is 1. The Labute approximate surface area is 66.2 Å². The van der Waals surface area contributed by atoms with Crippen molar-refractivity contribution in [2.75, 3.05) is 5.73 Å². The number of nitrogens with zero attached hydrogens (tertiary/aromatic N) is 2. The average Bonchev–Trinajstić information content (AvgIpc) is 2.36. The number of H-pyrrole nitrogens is 1. The van der Waals surface area contributed by atoms with Crippen LogP contribution in [0.3, 0.4) is 0 Å². The standard InChI is InChI=1S/C7H14N4/c1-4-7(2,3)5-9-6(8)11-10-5/h4H2,1-3H3,(H3,8,9,10,11). The maximum Gasteiger partial charge on any atom is 0.239 e. The van der Waals surface area contributed by atoms with E-state index in [4.69, 9.17) is 5.73 Å². The normalized spacial score (nSPS) is 11.9. The summed E-state index contributed by atoms with van der Waals surface area (Å²) >= 11 is 0. The van der Waals surface area contributed by atoms with Gasteiger partial charge in [-0.15, -0.1) is 5.10 Å². The van der Waals surface area contributed by atoms with Crippen molar-refractivity contribution in [1.82, 2.24) is 15.2 Å². The van der Waals surface area contributed by atoms with Crippen LogP contribution in [-0.4, -0.2) is 15.2 Å². The second-order valence-electron chi connectivity index (χ2n) is 3.28. The fraction of sp³-hybridized carbons (Fsp3) is 0.714. The smallest absolute Gasteiger partial charge is 0.239 e. The SMILES string of the molecule is CCC(C)(C)c1nc(N)n[nH]1. The van der Waals surface area contributed by atoms with Gasteiger partial charge in [0.25, 0.3) is 0 Å². The number of rotatable bonds is 2. The Morgan fingerprint density at radius 2 is 2.18 bits per heavy atom. The molecule has 11 heavy (non-hydrogen) atoms. The summed E-state index contributed by atoms with van der Waals surface area (Å²) in [5.74, 6) is 1.18. The molecular formula is C7H14N4. The maximum atomic E-state index is 5.38. The van der Waals surface area contributed by atoms with E-state index in [1.54, 1.807) is 0 Å². The van der Waals surface area contributed by atoms with Crippen molar-refractivity contribution in [2.45, 2.75) is 32.6 Å². The van der Waals surface area contributed by atoms with Crippen molar-refractivity contribution >= 4 is 5.95 Å². The predicted molar refractivity (Wildman–Crippen MR) is 44.1 cm³/mol. The number of aromatic amines is 1. The highest BCUT2D eigenvalue weighted by Crippen LogP contribution is 2.22. The number of hydrogen-bond acceptors (Lipinski definition) is 3. The minimum Gasteiger partial charge on any atom is -0.367 e. The molecule has 0 radical (unpaired) electrons. The largest absolute Gasteiger partial charge is 0.367 e. The van der Waals surface area contributed by atoms with Crippen LogP contribution in [0, 0.1) is 0 Å². The van der Waals surface area contributed by atoms with Gasteiger partial charge in [-0.2, -0.15) is 4.98 Å². The van der Waals surface area contributed by atoms with Crippen LogP contribution in [0.25, 0.3) is 0 Å². The quantitative estimate of drug-likeness (QED) is 0.669. The van der Waals surface area contributed by atoms with Gasteiger partial charge in [0, 0.05) is 5.41 Å². The predicted octanol–water partition coefficient (Wildman–Crippen LogP) is 1.07. The Morgan fingerprint density at radius 3 is 2.55 bits per heavy atom. The zero-order valence-corrected chi connectivity index (χ0v) is 7.18. The van der Waals surface area contributed by atoms with Crippen molar-refractivity contribution in [3.05, 3.63) is 5.82 Å². The van der Waals surface area contributed by atoms with Crippen LogP contribution in [0.2, 0.25) is 0 Å². The lowest BCUT2D eigenvalue weighted by atomic mass is 9.90. The zero-order chi connectivity index (χ0) is 8.48. The Hall–Kier alpha value is -1.06. The monoisotopic (exact) mass is 154 g/mol. The molecule has 62 valence electrons. The van der Waals surface area contributed by atoms with Gasteiger partial charge in [-0.1, -0.05) is 20.8 Å². The Balaban J connectivity index is 2.92. The first-order valence-corrected chi connectivity index (χ1v) is 3.74. The van der Waals surface area contributed by atoms with E-state index < -0.39 is 0 Å². The van der Waals surface area contributed by atoms with Crippen LogP contribution in [-0.2, 0) is 5.41 Å². The molecule has 0 aliphatic heterocycles. The second kappa shape index (κ2) is 2.53. The molecule has 1 heterocycles. The fourth-order valence-electron chi connectivity index (χ4n) is 0.745. The molecule has 0 aliphatic rings. The molecule has 0 amide bonds. The first kappa shape index (κ1) is 8.04. The minimum absolute atomic E-state index is 0.0463. The van der Waals surface area contributed by atoms with Gasteiger partial charge in [0.05, 0.1) is 0 Å². The van der Waals surface area contributed by atoms with Gasteiger partial charge >= 0.3 is 0 Å². The average molecular weight is 154 g/mol. The van der Waals surface area contributed by atoms with Gasteiger partial charge in [0.15, 0.2) is 0 Å². The summed E-state index contributed by atoms with van der Waals surface area (Å²) in [5, 5.41) is 6.58. The topological polar surface area (TPSA) is 67.6 Å². The van der Waals surface area contributed by atoms with Gasteiger partial charge in [-0.25, -0.2) is 0 Å². The van der Waals surface area contributed by atoms with Crippen molar-refractivity contribution in [3.63, 3.8) is 0 Å². The first-order valence-electron chi connectivity index (χ1n) is 3.74. The highest BCUT2D eigenvalue weighted by Gasteiger charge is 2.21. The van der Waals surface area contributed by atoms with Gasteiger partial charge in [-0.3, -0.25) is 5.10 Å². The molecule has 0 aromatic carbocycles. The van der Waals surface area contributed by atoms with Crippen LogP contribution in [0.1, 0.15) is 33.0 Å². The molecule has 0 saturated carbocycles. The maximum absolute atomic E-state index is 5.38. The van der Waals surface area contributed by atoms with Crippen molar-refractivity contribution in [3.8, 4) is 0 Å². The summed E-state index contributed by atoms with van der Waals surface area (Å²) in [7, 11) is 0. The van der Waals surface area contributed by atoms with Crippen LogP contribution < -0.4 is 5.73 Å². The lowest BCUT2D eigenvalue weighted by molar-refractivity contribution is 0.475.